The van der Waals surface area contributed by atoms with Gasteiger partial charge in [0.25, 0.3) is 0 Å². The Morgan fingerprint density at radius 1 is 1.38 bits per heavy atom. The molecule has 6 heteroatoms. The first-order chi connectivity index (χ1) is 9.74. The molecule has 4 nitrogen and oxygen atoms in total. The summed E-state index contributed by atoms with van der Waals surface area (Å²) in [5.41, 5.74) is 5.47. The summed E-state index contributed by atoms with van der Waals surface area (Å²) < 4.78 is 10.9. The van der Waals surface area contributed by atoms with Gasteiger partial charge in [0.1, 0.15) is 11.8 Å². The molecule has 0 aromatic heterocycles. The summed E-state index contributed by atoms with van der Waals surface area (Å²) in [7, 11) is -0.365. The second-order valence-corrected chi connectivity index (χ2v) is 8.45. The van der Waals surface area contributed by atoms with Gasteiger partial charge in [-0.05, 0) is 49.8 Å². The summed E-state index contributed by atoms with van der Waals surface area (Å²) >= 11 is 5.39. The van der Waals surface area contributed by atoms with Crippen LogP contribution in [0.1, 0.15) is 27.7 Å². The number of ether oxygens (including phenoxy) is 2. The molecule has 0 saturated heterocycles. The SMILES string of the molecule is CCS(=S)c1ccccc1OC(=O)[C@@H](N)COC(C)(C)C. The number of nitrogens with two attached hydrogens (primary N) is 1. The molecular weight excluding hydrogens is 306 g/mol. The predicted octanol–water partition coefficient (Wildman–Crippen LogP) is 2.19. The third-order valence-electron chi connectivity index (χ3n) is 2.57. The molecule has 0 bridgehead atoms. The van der Waals surface area contributed by atoms with Crippen molar-refractivity contribution in [1.29, 1.82) is 0 Å². The molecule has 1 unspecified atom stereocenters. The van der Waals surface area contributed by atoms with Gasteiger partial charge < -0.3 is 15.2 Å². The maximum absolute atomic E-state index is 12.0. The average Bonchev–Trinajstić information content (AvgIpc) is 2.43. The molecule has 0 aliphatic carbocycles. The number of hydrogen-bond acceptors (Lipinski definition) is 5. The number of carbonyl (C=O) groups excluding carboxylic acids is 1. The molecule has 0 spiro atoms. The van der Waals surface area contributed by atoms with E-state index in [1.165, 1.54) is 0 Å². The van der Waals surface area contributed by atoms with Crippen molar-refractivity contribution in [3.8, 4) is 5.75 Å². The molecule has 118 valence electrons. The predicted molar refractivity (Wildman–Crippen MR) is 89.3 cm³/mol. The molecule has 21 heavy (non-hydrogen) atoms. The summed E-state index contributed by atoms with van der Waals surface area (Å²) in [6.07, 6.45) is 0. The Hall–Kier alpha value is -0.820. The van der Waals surface area contributed by atoms with Gasteiger partial charge in [0.2, 0.25) is 0 Å². The fourth-order valence-corrected chi connectivity index (χ4v) is 2.76. The molecule has 0 aliphatic rings. The van der Waals surface area contributed by atoms with E-state index < -0.39 is 12.0 Å². The highest BCUT2D eigenvalue weighted by atomic mass is 32.8. The first-order valence-electron chi connectivity index (χ1n) is 6.83. The van der Waals surface area contributed by atoms with Crippen LogP contribution in [0.4, 0.5) is 0 Å². The van der Waals surface area contributed by atoms with E-state index in [0.29, 0.717) is 5.75 Å². The van der Waals surface area contributed by atoms with E-state index in [2.05, 4.69) is 0 Å². The van der Waals surface area contributed by atoms with Gasteiger partial charge in [-0.2, -0.15) is 0 Å². The Labute approximate surface area is 133 Å². The summed E-state index contributed by atoms with van der Waals surface area (Å²) in [6.45, 7) is 7.86. The van der Waals surface area contributed by atoms with Crippen molar-refractivity contribution in [3.05, 3.63) is 24.3 Å². The van der Waals surface area contributed by atoms with Gasteiger partial charge in [-0.25, -0.2) is 4.79 Å². The zero-order valence-corrected chi connectivity index (χ0v) is 14.6. The van der Waals surface area contributed by atoms with E-state index in [1.807, 2.05) is 45.9 Å². The van der Waals surface area contributed by atoms with Gasteiger partial charge in [-0.3, -0.25) is 0 Å². The highest BCUT2D eigenvalue weighted by molar-refractivity contribution is 8.28. The van der Waals surface area contributed by atoms with Crippen LogP contribution >= 0.6 is 0 Å². The lowest BCUT2D eigenvalue weighted by Crippen LogP contribution is -2.40. The van der Waals surface area contributed by atoms with Gasteiger partial charge in [-0.1, -0.05) is 28.5 Å². The minimum absolute atomic E-state index is 0.123. The van der Waals surface area contributed by atoms with Crippen LogP contribution in [0.25, 0.3) is 0 Å². The molecule has 0 aliphatic heterocycles. The van der Waals surface area contributed by atoms with E-state index in [0.717, 1.165) is 10.6 Å². The van der Waals surface area contributed by atoms with E-state index in [4.69, 9.17) is 26.4 Å². The maximum atomic E-state index is 12.0. The molecule has 0 radical (unpaired) electrons. The van der Waals surface area contributed by atoms with Gasteiger partial charge in [0, 0.05) is 0 Å². The van der Waals surface area contributed by atoms with Gasteiger partial charge in [0.15, 0.2) is 0 Å². The van der Waals surface area contributed by atoms with E-state index in [9.17, 15) is 4.79 Å². The fraction of sp³-hybridized carbons (Fsp3) is 0.533. The van der Waals surface area contributed by atoms with Crippen LogP contribution < -0.4 is 10.5 Å². The van der Waals surface area contributed by atoms with Crippen LogP contribution in [-0.2, 0) is 30.2 Å². The molecule has 0 fully saturated rings. The molecule has 0 amide bonds. The number of rotatable bonds is 6. The number of carbonyl (C=O) groups is 1. The minimum atomic E-state index is -0.814. The Bertz CT molecular complexity index is 512. The lowest BCUT2D eigenvalue weighted by molar-refractivity contribution is -0.138. The normalized spacial score (nSPS) is 14.5. The molecule has 1 aromatic rings. The Morgan fingerprint density at radius 3 is 2.57 bits per heavy atom. The van der Waals surface area contributed by atoms with Crippen LogP contribution in [0.15, 0.2) is 29.2 Å². The summed E-state index contributed by atoms with van der Waals surface area (Å²) in [5, 5.41) is 0. The van der Waals surface area contributed by atoms with Crippen molar-refractivity contribution >= 4 is 26.6 Å². The van der Waals surface area contributed by atoms with Crippen LogP contribution in [0.5, 0.6) is 5.75 Å². The molecule has 2 atom stereocenters. The Kier molecular flexibility index (Phi) is 6.93. The lowest BCUT2D eigenvalue weighted by atomic mass is 10.2. The van der Waals surface area contributed by atoms with Gasteiger partial charge in [0.05, 0.1) is 17.1 Å². The average molecular weight is 329 g/mol. The molecular formula is C15H23NO3S2. The third-order valence-corrected chi connectivity index (χ3v) is 5.16. The number of esters is 1. The second-order valence-electron chi connectivity index (χ2n) is 5.53. The summed E-state index contributed by atoms with van der Waals surface area (Å²) in [5.74, 6) is 0.812. The van der Waals surface area contributed by atoms with E-state index in [1.54, 1.807) is 6.07 Å². The number of para-hydroxylation sites is 1. The monoisotopic (exact) mass is 329 g/mol. The molecule has 1 rings (SSSR count). The van der Waals surface area contributed by atoms with E-state index >= 15 is 0 Å². The van der Waals surface area contributed by atoms with E-state index in [-0.39, 0.29) is 21.7 Å². The van der Waals surface area contributed by atoms with Crippen LogP contribution in [0, 0.1) is 0 Å². The Balaban J connectivity index is 2.73. The standard InChI is InChI=1S/C15H23NO3S2/c1-5-21(20)13-9-7-6-8-12(13)19-14(17)11(16)10-18-15(2,3)4/h6-9,11H,5,10,16H2,1-4H3/t11-,21?/m0/s1. The van der Waals surface area contributed by atoms with Crippen LogP contribution in [-0.4, -0.2) is 30.0 Å². The van der Waals surface area contributed by atoms with Crippen molar-refractivity contribution in [1.82, 2.24) is 0 Å². The molecule has 1 aromatic carbocycles. The first-order valence-corrected chi connectivity index (χ1v) is 9.15. The highest BCUT2D eigenvalue weighted by Crippen LogP contribution is 2.22. The second kappa shape index (κ2) is 7.98. The lowest BCUT2D eigenvalue weighted by Gasteiger charge is -2.22. The van der Waals surface area contributed by atoms with Crippen molar-refractivity contribution in [2.45, 2.75) is 44.2 Å². The van der Waals surface area contributed by atoms with Crippen molar-refractivity contribution in [2.24, 2.45) is 5.73 Å². The van der Waals surface area contributed by atoms with Crippen molar-refractivity contribution < 1.29 is 14.3 Å². The third kappa shape index (κ3) is 6.22. The summed E-state index contributed by atoms with van der Waals surface area (Å²) in [4.78, 5) is 12.9. The maximum Gasteiger partial charge on any atom is 0.330 e. The molecule has 2 N–H and O–H groups in total. The zero-order chi connectivity index (χ0) is 16.0. The van der Waals surface area contributed by atoms with Gasteiger partial charge >= 0.3 is 5.97 Å². The number of hydrogen-bond donors (Lipinski definition) is 1. The topological polar surface area (TPSA) is 61.5 Å². The number of benzene rings is 1. The van der Waals surface area contributed by atoms with Crippen molar-refractivity contribution in [2.75, 3.05) is 12.4 Å². The smallest absolute Gasteiger partial charge is 0.330 e. The molecule has 0 heterocycles. The van der Waals surface area contributed by atoms with Gasteiger partial charge in [-0.15, -0.1) is 0 Å². The quantitative estimate of drug-likeness (QED) is 0.640. The molecule has 0 saturated carbocycles. The zero-order valence-electron chi connectivity index (χ0n) is 12.9. The largest absolute Gasteiger partial charge is 0.424 e. The van der Waals surface area contributed by atoms with Crippen LogP contribution in [0.3, 0.4) is 0 Å². The fourth-order valence-electron chi connectivity index (χ4n) is 1.47. The minimum Gasteiger partial charge on any atom is -0.424 e. The summed E-state index contributed by atoms with van der Waals surface area (Å²) in [6, 6.07) is 6.51. The Morgan fingerprint density at radius 2 is 2.00 bits per heavy atom. The highest BCUT2D eigenvalue weighted by Gasteiger charge is 2.21. The first kappa shape index (κ1) is 18.2. The van der Waals surface area contributed by atoms with Crippen molar-refractivity contribution in [3.63, 3.8) is 0 Å². The van der Waals surface area contributed by atoms with Crippen LogP contribution in [0.2, 0.25) is 0 Å².